The van der Waals surface area contributed by atoms with E-state index in [1.807, 2.05) is 4.90 Å². The Morgan fingerprint density at radius 2 is 1.96 bits per heavy atom. The largest absolute Gasteiger partial charge is 0.369 e. The van der Waals surface area contributed by atoms with Crippen molar-refractivity contribution in [3.05, 3.63) is 11.3 Å². The van der Waals surface area contributed by atoms with Crippen LogP contribution in [0.1, 0.15) is 31.5 Å². The molecule has 1 aliphatic carbocycles. The number of alkyl halides is 2. The first-order chi connectivity index (χ1) is 13.2. The van der Waals surface area contributed by atoms with Crippen molar-refractivity contribution in [2.45, 2.75) is 45.1 Å². The first kappa shape index (κ1) is 21.1. The highest BCUT2D eigenvalue weighted by molar-refractivity contribution is 7.89. The second-order valence-electron chi connectivity index (χ2n) is 7.59. The fourth-order valence-electron chi connectivity index (χ4n) is 3.43. The van der Waals surface area contributed by atoms with Gasteiger partial charge in [-0.25, -0.2) is 26.9 Å². The van der Waals surface area contributed by atoms with Crippen molar-refractivity contribution >= 4 is 21.8 Å². The normalized spacial score (nSPS) is 19.5. The van der Waals surface area contributed by atoms with E-state index < -0.39 is 22.4 Å². The molecule has 3 rings (SSSR count). The molecule has 1 fully saturated rings. The Bertz CT molecular complexity index is 797. The van der Waals surface area contributed by atoms with Gasteiger partial charge in [0.25, 0.3) is 5.92 Å². The Labute approximate surface area is 164 Å². The minimum atomic E-state index is -3.45. The quantitative estimate of drug-likeness (QED) is 0.601. The summed E-state index contributed by atoms with van der Waals surface area (Å²) in [6, 6.07) is -0.199. The average molecular weight is 419 g/mol. The van der Waals surface area contributed by atoms with Gasteiger partial charge in [0.15, 0.2) is 0 Å². The number of anilines is 2. The minimum Gasteiger partial charge on any atom is -0.369 e. The summed E-state index contributed by atoms with van der Waals surface area (Å²) in [5.41, 5.74) is 1.02. The van der Waals surface area contributed by atoms with Crippen molar-refractivity contribution in [3.8, 4) is 0 Å². The number of halogens is 2. The Morgan fingerprint density at radius 1 is 1.25 bits per heavy atom. The molecular formula is C17H28F2N6O2S. The van der Waals surface area contributed by atoms with Crippen molar-refractivity contribution in [2.24, 2.45) is 0 Å². The van der Waals surface area contributed by atoms with Gasteiger partial charge in [-0.15, -0.1) is 0 Å². The van der Waals surface area contributed by atoms with Crippen LogP contribution in [0.2, 0.25) is 0 Å². The first-order valence-electron chi connectivity index (χ1n) is 9.62. The number of piperazine rings is 1. The number of aryl methyl sites for hydroxylation is 1. The highest BCUT2D eigenvalue weighted by Crippen LogP contribution is 2.36. The summed E-state index contributed by atoms with van der Waals surface area (Å²) in [7, 11) is -3.45. The zero-order valence-electron chi connectivity index (χ0n) is 16.3. The fourth-order valence-corrected chi connectivity index (χ4v) is 4.64. The van der Waals surface area contributed by atoms with Crippen LogP contribution in [0.5, 0.6) is 0 Å². The van der Waals surface area contributed by atoms with Crippen LogP contribution < -0.4 is 20.3 Å². The van der Waals surface area contributed by atoms with Gasteiger partial charge in [0.2, 0.25) is 16.0 Å². The average Bonchev–Trinajstić information content (AvgIpc) is 2.61. The van der Waals surface area contributed by atoms with E-state index >= 15 is 0 Å². The van der Waals surface area contributed by atoms with Crippen LogP contribution in [0.3, 0.4) is 0 Å². The molecule has 1 aromatic rings. The van der Waals surface area contributed by atoms with Crippen molar-refractivity contribution in [1.82, 2.24) is 20.0 Å². The number of aromatic nitrogens is 2. The van der Waals surface area contributed by atoms with Gasteiger partial charge in [-0.05, 0) is 20.3 Å². The number of hydrogen-bond acceptors (Lipinski definition) is 7. The van der Waals surface area contributed by atoms with Crippen molar-refractivity contribution in [1.29, 1.82) is 0 Å². The van der Waals surface area contributed by atoms with Crippen LogP contribution >= 0.6 is 0 Å². The van der Waals surface area contributed by atoms with E-state index in [9.17, 15) is 17.2 Å². The highest BCUT2D eigenvalue weighted by Gasteiger charge is 2.37. The standard InChI is InChI=1S/C17H28F2N6O2S/c1-12(2)24-28(26,27)10-7-21-15-13-11-17(18,19)4-3-14(13)22-16(23-15)25-8-5-20-6-9-25/h12,20,24H,3-11H2,1-2H3,(H,21,22,23). The third kappa shape index (κ3) is 5.48. The van der Waals surface area contributed by atoms with Crippen LogP contribution in [-0.2, 0) is 22.9 Å². The van der Waals surface area contributed by atoms with Gasteiger partial charge in [-0.2, -0.15) is 4.98 Å². The van der Waals surface area contributed by atoms with Gasteiger partial charge >= 0.3 is 0 Å². The van der Waals surface area contributed by atoms with Crippen molar-refractivity contribution in [2.75, 3.05) is 48.7 Å². The summed E-state index contributed by atoms with van der Waals surface area (Å²) < 4.78 is 54.5. The van der Waals surface area contributed by atoms with Gasteiger partial charge in [-0.3, -0.25) is 0 Å². The summed E-state index contributed by atoms with van der Waals surface area (Å²) in [4.78, 5) is 11.0. The topological polar surface area (TPSA) is 99.2 Å². The van der Waals surface area contributed by atoms with E-state index in [4.69, 9.17) is 0 Å². The van der Waals surface area contributed by atoms with E-state index in [1.54, 1.807) is 13.8 Å². The molecule has 158 valence electrons. The predicted molar refractivity (Wildman–Crippen MR) is 105 cm³/mol. The summed E-state index contributed by atoms with van der Waals surface area (Å²) in [5, 5.41) is 6.23. The van der Waals surface area contributed by atoms with Crippen LogP contribution in [0.4, 0.5) is 20.5 Å². The maximum Gasteiger partial charge on any atom is 0.252 e. The van der Waals surface area contributed by atoms with Gasteiger partial charge < -0.3 is 15.5 Å². The van der Waals surface area contributed by atoms with Crippen molar-refractivity contribution in [3.63, 3.8) is 0 Å². The van der Waals surface area contributed by atoms with E-state index in [2.05, 4.69) is 25.3 Å². The molecule has 0 radical (unpaired) electrons. The van der Waals surface area contributed by atoms with E-state index in [0.29, 0.717) is 23.0 Å². The number of fused-ring (bicyclic) bond motifs is 1. The lowest BCUT2D eigenvalue weighted by Gasteiger charge is -2.31. The molecule has 1 aliphatic heterocycles. The zero-order valence-corrected chi connectivity index (χ0v) is 17.1. The lowest BCUT2D eigenvalue weighted by molar-refractivity contribution is -0.0127. The van der Waals surface area contributed by atoms with Gasteiger partial charge in [-0.1, -0.05) is 0 Å². The molecule has 0 aromatic carbocycles. The number of nitrogens with one attached hydrogen (secondary N) is 3. The third-order valence-corrected chi connectivity index (χ3v) is 6.29. The number of hydrogen-bond donors (Lipinski definition) is 3. The van der Waals surface area contributed by atoms with Crippen LogP contribution in [0, 0.1) is 0 Å². The molecule has 1 saturated heterocycles. The molecule has 0 unspecified atom stereocenters. The molecule has 3 N–H and O–H groups in total. The summed E-state index contributed by atoms with van der Waals surface area (Å²) in [6.07, 6.45) is -0.473. The maximum absolute atomic E-state index is 14.0. The second-order valence-corrected chi connectivity index (χ2v) is 9.46. The monoisotopic (exact) mass is 418 g/mol. The second kappa shape index (κ2) is 8.42. The number of nitrogens with zero attached hydrogens (tertiary/aromatic N) is 3. The third-order valence-electron chi connectivity index (χ3n) is 4.72. The van der Waals surface area contributed by atoms with E-state index in [0.717, 1.165) is 26.2 Å². The molecular weight excluding hydrogens is 390 g/mol. The van der Waals surface area contributed by atoms with Crippen LogP contribution in [-0.4, -0.2) is 68.8 Å². The lowest BCUT2D eigenvalue weighted by atomic mass is 9.93. The molecule has 0 atom stereocenters. The van der Waals surface area contributed by atoms with Gasteiger partial charge in [0, 0.05) is 57.2 Å². The molecule has 0 saturated carbocycles. The molecule has 0 amide bonds. The van der Waals surface area contributed by atoms with Crippen molar-refractivity contribution < 1.29 is 17.2 Å². The molecule has 8 nitrogen and oxygen atoms in total. The SMILES string of the molecule is CC(C)NS(=O)(=O)CCNc1nc(N2CCNCC2)nc2c1CC(F)(F)CC2. The smallest absolute Gasteiger partial charge is 0.252 e. The number of sulfonamides is 1. The highest BCUT2D eigenvalue weighted by atomic mass is 32.2. The Hall–Kier alpha value is -1.59. The summed E-state index contributed by atoms with van der Waals surface area (Å²) >= 11 is 0. The Balaban J connectivity index is 1.81. The fraction of sp³-hybridized carbons (Fsp3) is 0.765. The minimum absolute atomic E-state index is 0.0814. The molecule has 0 bridgehead atoms. The molecule has 28 heavy (non-hydrogen) atoms. The van der Waals surface area contributed by atoms with E-state index in [-0.39, 0.29) is 31.2 Å². The summed E-state index contributed by atoms with van der Waals surface area (Å²) in [6.45, 7) is 6.65. The molecule has 1 aromatic heterocycles. The molecule has 0 spiro atoms. The van der Waals surface area contributed by atoms with Gasteiger partial charge in [0.05, 0.1) is 11.4 Å². The summed E-state index contributed by atoms with van der Waals surface area (Å²) in [5.74, 6) is -2.13. The molecule has 11 heteroatoms. The van der Waals surface area contributed by atoms with E-state index in [1.165, 1.54) is 0 Å². The Kier molecular flexibility index (Phi) is 6.35. The number of rotatable bonds is 7. The molecule has 2 heterocycles. The lowest BCUT2D eigenvalue weighted by Crippen LogP contribution is -2.44. The van der Waals surface area contributed by atoms with Crippen LogP contribution in [0.15, 0.2) is 0 Å². The Morgan fingerprint density at radius 3 is 2.64 bits per heavy atom. The van der Waals surface area contributed by atoms with Gasteiger partial charge in [0.1, 0.15) is 5.82 Å². The predicted octanol–water partition coefficient (Wildman–Crippen LogP) is 0.750. The van der Waals surface area contributed by atoms with Crippen LogP contribution in [0.25, 0.3) is 0 Å². The maximum atomic E-state index is 14.0. The zero-order chi connectivity index (χ0) is 20.4. The first-order valence-corrected chi connectivity index (χ1v) is 11.3. The molecule has 2 aliphatic rings.